The highest BCUT2D eigenvalue weighted by Gasteiger charge is 2.42. The van der Waals surface area contributed by atoms with Crippen LogP contribution in [0.2, 0.25) is 0 Å². The molecule has 0 aliphatic carbocycles. The summed E-state index contributed by atoms with van der Waals surface area (Å²) >= 11 is 1.45. The number of nitrogens with zero attached hydrogens (tertiary/aromatic N) is 3. The smallest absolute Gasteiger partial charge is 0.261 e. The van der Waals surface area contributed by atoms with Crippen LogP contribution < -0.4 is 0 Å². The van der Waals surface area contributed by atoms with Crippen LogP contribution in [0.3, 0.4) is 0 Å². The summed E-state index contributed by atoms with van der Waals surface area (Å²) in [7, 11) is 0. The van der Waals surface area contributed by atoms with E-state index < -0.39 is 23.9 Å². The Morgan fingerprint density at radius 1 is 0.892 bits per heavy atom. The predicted octanol–water partition coefficient (Wildman–Crippen LogP) is 1.92. The summed E-state index contributed by atoms with van der Waals surface area (Å²) in [5.41, 5.74) is 0.915. The van der Waals surface area contributed by atoms with Crippen LogP contribution in [0, 0.1) is 0 Å². The minimum atomic E-state index is -0.595. The summed E-state index contributed by atoms with van der Waals surface area (Å²) in [5, 5.41) is 1.48. The number of benzene rings is 2. The molecule has 9 nitrogen and oxygen atoms in total. The molecule has 10 heteroatoms. The molecule has 3 aliphatic rings. The molecule has 2 aromatic rings. The first kappa shape index (κ1) is 26.8. The minimum absolute atomic E-state index is 0. The van der Waals surface area contributed by atoms with E-state index in [2.05, 4.69) is 0 Å². The molecule has 0 aromatic heterocycles. The van der Waals surface area contributed by atoms with Crippen molar-refractivity contribution in [1.29, 1.82) is 0 Å². The Bertz CT molecular complexity index is 1210. The number of carbonyl (C=O) groups is 5. The van der Waals surface area contributed by atoms with E-state index in [0.717, 1.165) is 16.7 Å². The predicted molar refractivity (Wildman–Crippen MR) is 140 cm³/mol. The van der Waals surface area contributed by atoms with Gasteiger partial charge in [-0.2, -0.15) is 11.8 Å². The molecule has 2 fully saturated rings. The zero-order chi connectivity index (χ0) is 25.4. The summed E-state index contributed by atoms with van der Waals surface area (Å²) in [6.07, 6.45) is 4.53. The third-order valence-electron chi connectivity index (χ3n) is 7.46. The van der Waals surface area contributed by atoms with Crippen LogP contribution in [0.15, 0.2) is 36.4 Å². The fourth-order valence-corrected chi connectivity index (χ4v) is 6.23. The van der Waals surface area contributed by atoms with Crippen LogP contribution >= 0.6 is 11.8 Å². The van der Waals surface area contributed by atoms with Gasteiger partial charge in [-0.3, -0.25) is 28.9 Å². The lowest BCUT2D eigenvalue weighted by molar-refractivity contribution is -0.146. The largest absolute Gasteiger partial charge is 0.412 e. The Kier molecular flexibility index (Phi) is 7.99. The van der Waals surface area contributed by atoms with Gasteiger partial charge in [-0.25, -0.2) is 0 Å². The quantitative estimate of drug-likeness (QED) is 0.508. The van der Waals surface area contributed by atoms with Crippen LogP contribution in [0.5, 0.6) is 0 Å². The molecule has 0 unspecified atom stereocenters. The van der Waals surface area contributed by atoms with Gasteiger partial charge in [0.15, 0.2) is 5.78 Å². The Labute approximate surface area is 219 Å². The Morgan fingerprint density at radius 2 is 1.49 bits per heavy atom. The zero-order valence-electron chi connectivity index (χ0n) is 20.8. The lowest BCUT2D eigenvalue weighted by atomic mass is 9.94. The van der Waals surface area contributed by atoms with Crippen molar-refractivity contribution in [2.24, 2.45) is 0 Å². The summed E-state index contributed by atoms with van der Waals surface area (Å²) in [6, 6.07) is 9.71. The van der Waals surface area contributed by atoms with Gasteiger partial charge in [0.05, 0.1) is 11.8 Å². The van der Waals surface area contributed by atoms with E-state index >= 15 is 0 Å². The topological polar surface area (TPSA) is 127 Å². The van der Waals surface area contributed by atoms with Gasteiger partial charge in [0.25, 0.3) is 11.8 Å². The molecule has 2 atom stereocenters. The summed E-state index contributed by atoms with van der Waals surface area (Å²) < 4.78 is 0. The van der Waals surface area contributed by atoms with E-state index in [4.69, 9.17) is 0 Å². The minimum Gasteiger partial charge on any atom is -0.412 e. The second-order valence-corrected chi connectivity index (χ2v) is 10.4. The molecule has 4 amide bonds. The van der Waals surface area contributed by atoms with Crippen LogP contribution in [0.4, 0.5) is 0 Å². The Hall–Kier alpha value is -3.24. The number of hydrogen-bond acceptors (Lipinski definition) is 6. The maximum Gasteiger partial charge on any atom is 0.261 e. The lowest BCUT2D eigenvalue weighted by Crippen LogP contribution is -2.51. The van der Waals surface area contributed by atoms with Crippen LogP contribution in [0.1, 0.15) is 52.8 Å². The highest BCUT2D eigenvalue weighted by atomic mass is 32.2. The number of Topliss-reactive ketones (excluding diaryl/α,β-unsaturated/α-hetero) is 1. The second kappa shape index (κ2) is 11.0. The van der Waals surface area contributed by atoms with Crippen LogP contribution in [-0.4, -0.2) is 93.3 Å². The molecular formula is C27H31N3O6S. The first-order valence-corrected chi connectivity index (χ1v) is 13.8. The summed E-state index contributed by atoms with van der Waals surface area (Å²) in [5.74, 6) is -0.798. The molecule has 2 saturated heterocycles. The maximum atomic E-state index is 13.4. The lowest BCUT2D eigenvalue weighted by Gasteiger charge is -2.32. The highest BCUT2D eigenvalue weighted by molar-refractivity contribution is 7.99. The second-order valence-electron chi connectivity index (χ2n) is 9.56. The first-order chi connectivity index (χ1) is 17.4. The van der Waals surface area contributed by atoms with Gasteiger partial charge in [0.1, 0.15) is 6.04 Å². The van der Waals surface area contributed by atoms with E-state index in [1.807, 2.05) is 18.4 Å². The molecule has 0 saturated carbocycles. The average molecular weight is 526 g/mol. The van der Waals surface area contributed by atoms with Gasteiger partial charge in [0, 0.05) is 42.6 Å². The van der Waals surface area contributed by atoms with Gasteiger partial charge < -0.3 is 15.3 Å². The van der Waals surface area contributed by atoms with E-state index in [0.29, 0.717) is 54.6 Å². The molecule has 2 aromatic carbocycles. The number of rotatable bonds is 7. The fraction of sp³-hybridized carbons (Fsp3) is 0.444. The molecule has 0 spiro atoms. The number of imide groups is 1. The molecule has 3 heterocycles. The van der Waals surface area contributed by atoms with Crippen molar-refractivity contribution in [2.45, 2.75) is 44.2 Å². The van der Waals surface area contributed by atoms with Gasteiger partial charge in [0.2, 0.25) is 11.8 Å². The molecule has 3 aliphatic heterocycles. The number of hydrogen-bond donors (Lipinski definition) is 0. The fourth-order valence-electron chi connectivity index (χ4n) is 5.75. The molecule has 2 N–H and O–H groups in total. The molecule has 5 rings (SSSR count). The van der Waals surface area contributed by atoms with E-state index in [1.54, 1.807) is 34.1 Å². The zero-order valence-corrected chi connectivity index (χ0v) is 21.6. The summed E-state index contributed by atoms with van der Waals surface area (Å²) in [6.45, 7) is 0.942. The Morgan fingerprint density at radius 3 is 2.11 bits per heavy atom. The van der Waals surface area contributed by atoms with Crippen molar-refractivity contribution in [3.63, 3.8) is 0 Å². The molecule has 196 valence electrons. The van der Waals surface area contributed by atoms with E-state index in [9.17, 15) is 24.0 Å². The van der Waals surface area contributed by atoms with Gasteiger partial charge >= 0.3 is 0 Å². The first-order valence-electron chi connectivity index (χ1n) is 12.4. The van der Waals surface area contributed by atoms with Crippen LogP contribution in [0.25, 0.3) is 10.8 Å². The van der Waals surface area contributed by atoms with Crippen LogP contribution in [-0.2, 0) is 14.4 Å². The third kappa shape index (κ3) is 4.75. The highest BCUT2D eigenvalue weighted by Crippen LogP contribution is 2.31. The van der Waals surface area contributed by atoms with Gasteiger partial charge in [-0.05, 0) is 49.5 Å². The number of amides is 4. The van der Waals surface area contributed by atoms with Crippen molar-refractivity contribution < 1.29 is 29.4 Å². The number of ketones is 1. The molecule has 0 bridgehead atoms. The molecule has 0 radical (unpaired) electrons. The summed E-state index contributed by atoms with van der Waals surface area (Å²) in [4.78, 5) is 69.8. The van der Waals surface area contributed by atoms with E-state index in [1.165, 1.54) is 11.8 Å². The molecule has 37 heavy (non-hydrogen) atoms. The standard InChI is InChI=1S/C27H29N3O5S.H2O/c1-36-16-22(31)20-10-4-14-29(20)27(35)21-11-5-13-28(21)23(32)12-15-30-25(33)18-8-2-6-17-7-3-9-19(24(17)18)26(30)34;/h2-3,6-9,20-21H,4-5,10-16H2,1H3;1H2/t20-,21-;/m0./s1. The SMILES string of the molecule is CSCC(=O)[C@@H]1CCCN1C(=O)[C@@H]1CCCN1C(=O)CCN1C(=O)c2cccc3cccc(c23)C1=O.O. The number of likely N-dealkylation sites (tertiary alicyclic amines) is 2. The van der Waals surface area contributed by atoms with Crippen molar-refractivity contribution in [3.05, 3.63) is 47.5 Å². The van der Waals surface area contributed by atoms with E-state index in [-0.39, 0.29) is 36.0 Å². The van der Waals surface area contributed by atoms with Gasteiger partial charge in [-0.1, -0.05) is 24.3 Å². The van der Waals surface area contributed by atoms with Crippen molar-refractivity contribution in [2.75, 3.05) is 31.6 Å². The van der Waals surface area contributed by atoms with Crippen molar-refractivity contribution in [1.82, 2.24) is 14.7 Å². The normalized spacial score (nSPS) is 20.9. The van der Waals surface area contributed by atoms with Gasteiger partial charge in [-0.15, -0.1) is 0 Å². The number of carbonyl (C=O) groups excluding carboxylic acids is 5. The average Bonchev–Trinajstić information content (AvgIpc) is 3.57. The Balaban J connectivity index is 0.00000320. The van der Waals surface area contributed by atoms with Crippen molar-refractivity contribution >= 4 is 51.9 Å². The monoisotopic (exact) mass is 525 g/mol. The third-order valence-corrected chi connectivity index (χ3v) is 8.03. The van der Waals surface area contributed by atoms with Crippen molar-refractivity contribution in [3.8, 4) is 0 Å². The maximum absolute atomic E-state index is 13.4. The molecular weight excluding hydrogens is 494 g/mol. The number of thioether (sulfide) groups is 1.